The van der Waals surface area contributed by atoms with Crippen LogP contribution >= 0.6 is 0 Å². The molecule has 1 unspecified atom stereocenters. The van der Waals surface area contributed by atoms with Crippen LogP contribution in [0.4, 0.5) is 4.39 Å². The maximum absolute atomic E-state index is 13.8. The van der Waals surface area contributed by atoms with Gasteiger partial charge in [-0.25, -0.2) is 17.5 Å². The van der Waals surface area contributed by atoms with Crippen molar-refractivity contribution in [1.82, 2.24) is 10.0 Å². The first-order chi connectivity index (χ1) is 21.5. The number of carbonyl (C=O) groups is 2. The first-order valence-corrected chi connectivity index (χ1v) is 15.9. The van der Waals surface area contributed by atoms with Gasteiger partial charge in [-0.1, -0.05) is 62.4 Å². The van der Waals surface area contributed by atoms with Crippen LogP contribution in [0.2, 0.25) is 0 Å². The normalized spacial score (nSPS) is 11.8. The van der Waals surface area contributed by atoms with E-state index in [4.69, 9.17) is 10.00 Å². The topological polar surface area (TPSA) is 125 Å². The molecular weight excluding hydrogens is 593 g/mol. The first-order valence-electron chi connectivity index (χ1n) is 14.5. The molecule has 2 N–H and O–H groups in total. The molecule has 0 heterocycles. The number of halogens is 1. The predicted octanol–water partition coefficient (Wildman–Crippen LogP) is 6.23. The summed E-state index contributed by atoms with van der Waals surface area (Å²) < 4.78 is 47.1. The summed E-state index contributed by atoms with van der Waals surface area (Å²) in [4.78, 5) is 26.4. The lowest BCUT2D eigenvalue weighted by Gasteiger charge is -2.22. The Labute approximate surface area is 262 Å². The summed E-state index contributed by atoms with van der Waals surface area (Å²) in [6, 6.07) is 27.3. The number of sulfonamides is 1. The minimum atomic E-state index is -4.20. The highest BCUT2D eigenvalue weighted by atomic mass is 32.2. The summed E-state index contributed by atoms with van der Waals surface area (Å²) in [5, 5.41) is 12.2. The van der Waals surface area contributed by atoms with Crippen LogP contribution in [0, 0.1) is 23.1 Å². The smallest absolute Gasteiger partial charge is 0.264 e. The van der Waals surface area contributed by atoms with Gasteiger partial charge in [-0.05, 0) is 84.0 Å². The van der Waals surface area contributed by atoms with E-state index in [1.807, 2.05) is 55.0 Å². The van der Waals surface area contributed by atoms with Crippen molar-refractivity contribution in [2.45, 2.75) is 50.7 Å². The molecule has 1 atom stereocenters. The number of amides is 2. The van der Waals surface area contributed by atoms with Gasteiger partial charge in [0.25, 0.3) is 15.9 Å². The maximum atomic E-state index is 13.8. The molecule has 0 bridgehead atoms. The second-order valence-electron chi connectivity index (χ2n) is 11.0. The monoisotopic (exact) mass is 627 g/mol. The van der Waals surface area contributed by atoms with Gasteiger partial charge in [0.05, 0.1) is 22.6 Å². The molecule has 0 saturated heterocycles. The van der Waals surface area contributed by atoms with Gasteiger partial charge in [0.15, 0.2) is 0 Å². The molecule has 232 valence electrons. The van der Waals surface area contributed by atoms with Crippen LogP contribution in [0.5, 0.6) is 5.75 Å². The Balaban J connectivity index is 1.55. The minimum absolute atomic E-state index is 0.0769. The van der Waals surface area contributed by atoms with E-state index in [0.29, 0.717) is 23.3 Å². The molecular formula is C35H34FN3O5S. The Morgan fingerprint density at radius 2 is 1.67 bits per heavy atom. The number of aryl methyl sites for hydroxylation is 1. The van der Waals surface area contributed by atoms with Crippen LogP contribution in [-0.4, -0.2) is 20.2 Å². The van der Waals surface area contributed by atoms with Crippen LogP contribution < -0.4 is 14.8 Å². The predicted molar refractivity (Wildman–Crippen MR) is 168 cm³/mol. The summed E-state index contributed by atoms with van der Waals surface area (Å²) in [6.07, 6.45) is 0.467. The van der Waals surface area contributed by atoms with Crippen LogP contribution in [0.15, 0.2) is 102 Å². The summed E-state index contributed by atoms with van der Waals surface area (Å²) in [5.41, 5.74) is 2.48. The number of nitriles is 1. The van der Waals surface area contributed by atoms with Crippen LogP contribution in [0.1, 0.15) is 65.3 Å². The van der Waals surface area contributed by atoms with Gasteiger partial charge in [-0.15, -0.1) is 0 Å². The number of nitrogens with one attached hydrogen (secondary N) is 2. The molecule has 0 aromatic heterocycles. The molecule has 0 aliphatic rings. The van der Waals surface area contributed by atoms with Gasteiger partial charge in [-0.2, -0.15) is 5.26 Å². The number of carbonyl (C=O) groups excluding carboxylic acids is 2. The summed E-state index contributed by atoms with van der Waals surface area (Å²) >= 11 is 0. The number of benzene rings is 4. The fourth-order valence-electron chi connectivity index (χ4n) is 4.75. The molecule has 4 aromatic rings. The molecule has 4 rings (SSSR count). The number of hydrogen-bond acceptors (Lipinski definition) is 6. The number of nitrogens with zero attached hydrogens (tertiary/aromatic N) is 1. The molecule has 0 aliphatic heterocycles. The van der Waals surface area contributed by atoms with Crippen molar-refractivity contribution in [1.29, 1.82) is 5.26 Å². The Bertz CT molecular complexity index is 1790. The van der Waals surface area contributed by atoms with Gasteiger partial charge in [0.2, 0.25) is 5.91 Å². The van der Waals surface area contributed by atoms with E-state index in [1.54, 1.807) is 30.3 Å². The molecule has 8 nitrogen and oxygen atoms in total. The molecule has 4 aromatic carbocycles. The molecule has 0 radical (unpaired) electrons. The largest absolute Gasteiger partial charge is 0.489 e. The number of rotatable bonds is 13. The third-order valence-corrected chi connectivity index (χ3v) is 8.37. The number of hydrogen-bond donors (Lipinski definition) is 2. The van der Waals surface area contributed by atoms with Crippen LogP contribution in [0.3, 0.4) is 0 Å². The standard InChI is InChI=1S/C35H34FN3O5S/c1-24(2)19-33(28-13-16-29(36)17-14-28)38-35(41)32-21-26(23-44-30-8-4-3-5-9-30)11-12-27(32)15-18-34(40)39-45(42,43)31-10-6-7-25(20-31)22-37/h3-14,16-17,20-21,24,33H,15,18-19,23H2,1-2H3,(H,38,41)(H,39,40). The SMILES string of the molecule is CC(C)CC(NC(=O)c1cc(COc2ccccc2)ccc1CCC(=O)NS(=O)(=O)c1cccc(C#N)c1)c1ccc(F)cc1. The van der Waals surface area contributed by atoms with Crippen LogP contribution in [-0.2, 0) is 27.8 Å². The van der Waals surface area contributed by atoms with Gasteiger partial charge in [0.1, 0.15) is 18.2 Å². The molecule has 2 amide bonds. The zero-order valence-corrected chi connectivity index (χ0v) is 25.8. The van der Waals surface area contributed by atoms with Crippen molar-refractivity contribution >= 4 is 21.8 Å². The molecule has 0 saturated carbocycles. The van der Waals surface area contributed by atoms with E-state index < -0.39 is 22.0 Å². The summed E-state index contributed by atoms with van der Waals surface area (Å²) in [6.45, 7) is 4.25. The average Bonchev–Trinajstić information content (AvgIpc) is 3.03. The molecule has 0 spiro atoms. The third kappa shape index (κ3) is 9.49. The fraction of sp³-hybridized carbons (Fsp3) is 0.229. The Hall–Kier alpha value is -5.01. The summed E-state index contributed by atoms with van der Waals surface area (Å²) in [7, 11) is -4.20. The lowest BCUT2D eigenvalue weighted by molar-refractivity contribution is -0.119. The van der Waals surface area contributed by atoms with E-state index in [-0.39, 0.29) is 47.5 Å². The first kappa shape index (κ1) is 32.9. The summed E-state index contributed by atoms with van der Waals surface area (Å²) in [5.74, 6) is -0.629. The molecule has 10 heteroatoms. The minimum Gasteiger partial charge on any atom is -0.489 e. The highest BCUT2D eigenvalue weighted by Gasteiger charge is 2.22. The molecule has 0 aliphatic carbocycles. The Morgan fingerprint density at radius 3 is 2.36 bits per heavy atom. The zero-order chi connectivity index (χ0) is 32.4. The van der Waals surface area contributed by atoms with Crippen molar-refractivity contribution in [3.05, 3.63) is 131 Å². The fourth-order valence-corrected chi connectivity index (χ4v) is 5.81. The van der Waals surface area contributed by atoms with E-state index in [1.165, 1.54) is 36.4 Å². The quantitative estimate of drug-likeness (QED) is 0.181. The van der Waals surface area contributed by atoms with Crippen LogP contribution in [0.25, 0.3) is 0 Å². The number of para-hydroxylation sites is 1. The highest BCUT2D eigenvalue weighted by molar-refractivity contribution is 7.90. The van der Waals surface area contributed by atoms with E-state index >= 15 is 0 Å². The van der Waals surface area contributed by atoms with E-state index in [0.717, 1.165) is 11.1 Å². The second-order valence-corrected chi connectivity index (χ2v) is 12.7. The van der Waals surface area contributed by atoms with E-state index in [2.05, 4.69) is 5.32 Å². The van der Waals surface area contributed by atoms with Crippen molar-refractivity contribution in [3.8, 4) is 11.8 Å². The average molecular weight is 628 g/mol. The number of ether oxygens (including phenoxy) is 1. The Morgan fingerprint density at radius 1 is 0.933 bits per heavy atom. The van der Waals surface area contributed by atoms with Gasteiger partial charge < -0.3 is 10.1 Å². The molecule has 0 fully saturated rings. The Kier molecular flexibility index (Phi) is 11.1. The van der Waals surface area contributed by atoms with Crippen molar-refractivity contribution < 1.29 is 27.1 Å². The van der Waals surface area contributed by atoms with Gasteiger partial charge >= 0.3 is 0 Å². The van der Waals surface area contributed by atoms with E-state index in [9.17, 15) is 22.4 Å². The highest BCUT2D eigenvalue weighted by Crippen LogP contribution is 2.24. The van der Waals surface area contributed by atoms with Crippen molar-refractivity contribution in [2.24, 2.45) is 5.92 Å². The van der Waals surface area contributed by atoms with Gasteiger partial charge in [-0.3, -0.25) is 9.59 Å². The second kappa shape index (κ2) is 15.1. The lowest BCUT2D eigenvalue weighted by atomic mass is 9.95. The van der Waals surface area contributed by atoms with Crippen molar-refractivity contribution in [2.75, 3.05) is 0 Å². The lowest BCUT2D eigenvalue weighted by Crippen LogP contribution is -2.32. The maximum Gasteiger partial charge on any atom is 0.264 e. The third-order valence-electron chi connectivity index (χ3n) is 7.00. The zero-order valence-electron chi connectivity index (χ0n) is 25.0. The molecule has 45 heavy (non-hydrogen) atoms. The van der Waals surface area contributed by atoms with Crippen molar-refractivity contribution in [3.63, 3.8) is 0 Å². The van der Waals surface area contributed by atoms with Gasteiger partial charge in [0, 0.05) is 12.0 Å².